The number of aromatic nitrogens is 2. The number of fused-ring (bicyclic) bond motifs is 1. The second-order valence-electron chi connectivity index (χ2n) is 6.04. The molecule has 5 heteroatoms. The van der Waals surface area contributed by atoms with Gasteiger partial charge in [-0.3, -0.25) is 9.59 Å². The zero-order valence-corrected chi connectivity index (χ0v) is 11.0. The van der Waals surface area contributed by atoms with E-state index in [1.54, 1.807) is 6.07 Å². The highest BCUT2D eigenvalue weighted by Gasteiger charge is 2.49. The summed E-state index contributed by atoms with van der Waals surface area (Å²) >= 11 is 0. The molecule has 2 unspecified atom stereocenters. The molecule has 1 aromatic carbocycles. The molecule has 1 aliphatic rings. The van der Waals surface area contributed by atoms with Crippen LogP contribution in [0.15, 0.2) is 27.8 Å². The van der Waals surface area contributed by atoms with Crippen LogP contribution in [0.2, 0.25) is 0 Å². The molecule has 1 saturated carbocycles. The summed E-state index contributed by atoms with van der Waals surface area (Å²) in [4.78, 5) is 27.7. The van der Waals surface area contributed by atoms with Crippen molar-refractivity contribution in [2.24, 2.45) is 17.1 Å². The SMILES string of the molecule is CC1(C)CC1C(N)c1ccc2[nH]c(=O)c(=O)[nH]c2c1. The number of H-pyrrole nitrogens is 2. The van der Waals surface area contributed by atoms with Gasteiger partial charge >= 0.3 is 11.1 Å². The van der Waals surface area contributed by atoms with E-state index in [9.17, 15) is 9.59 Å². The van der Waals surface area contributed by atoms with Crippen LogP contribution in [0.5, 0.6) is 0 Å². The molecule has 1 fully saturated rings. The van der Waals surface area contributed by atoms with Crippen molar-refractivity contribution in [3.63, 3.8) is 0 Å². The molecule has 3 rings (SSSR count). The van der Waals surface area contributed by atoms with Gasteiger partial charge in [0.15, 0.2) is 0 Å². The topological polar surface area (TPSA) is 91.7 Å². The van der Waals surface area contributed by atoms with E-state index in [1.807, 2.05) is 12.1 Å². The Balaban J connectivity index is 2.05. The van der Waals surface area contributed by atoms with Crippen LogP contribution in [0.1, 0.15) is 31.9 Å². The third-order valence-corrected chi connectivity index (χ3v) is 4.15. The number of aromatic amines is 2. The molecule has 2 atom stereocenters. The van der Waals surface area contributed by atoms with E-state index in [2.05, 4.69) is 23.8 Å². The largest absolute Gasteiger partial charge is 0.324 e. The van der Waals surface area contributed by atoms with Crippen LogP contribution in [-0.2, 0) is 0 Å². The van der Waals surface area contributed by atoms with Gasteiger partial charge in [0.25, 0.3) is 0 Å². The molecule has 1 heterocycles. The first-order valence-electron chi connectivity index (χ1n) is 6.40. The minimum atomic E-state index is -0.634. The molecule has 1 aliphatic carbocycles. The maximum Gasteiger partial charge on any atom is 0.314 e. The molecule has 4 N–H and O–H groups in total. The quantitative estimate of drug-likeness (QED) is 0.709. The Morgan fingerprint density at radius 3 is 2.37 bits per heavy atom. The number of hydrogen-bond donors (Lipinski definition) is 3. The summed E-state index contributed by atoms with van der Waals surface area (Å²) in [7, 11) is 0. The van der Waals surface area contributed by atoms with Gasteiger partial charge in [0.2, 0.25) is 0 Å². The van der Waals surface area contributed by atoms with Gasteiger partial charge in [-0.2, -0.15) is 0 Å². The predicted octanol–water partition coefficient (Wildman–Crippen LogP) is 1.26. The fraction of sp³-hybridized carbons (Fsp3) is 0.429. The number of benzene rings is 1. The number of hydrogen-bond acceptors (Lipinski definition) is 3. The fourth-order valence-electron chi connectivity index (χ4n) is 2.69. The second kappa shape index (κ2) is 3.81. The molecule has 2 aromatic rings. The number of nitrogens with two attached hydrogens (primary N) is 1. The lowest BCUT2D eigenvalue weighted by Crippen LogP contribution is -2.29. The van der Waals surface area contributed by atoms with Crippen LogP contribution in [0.3, 0.4) is 0 Å². The van der Waals surface area contributed by atoms with E-state index in [0.717, 1.165) is 12.0 Å². The minimum Gasteiger partial charge on any atom is -0.324 e. The second-order valence-corrected chi connectivity index (χ2v) is 6.04. The predicted molar refractivity (Wildman–Crippen MR) is 74.0 cm³/mol. The Morgan fingerprint density at radius 2 is 1.79 bits per heavy atom. The van der Waals surface area contributed by atoms with Crippen LogP contribution < -0.4 is 16.9 Å². The molecule has 0 spiro atoms. The lowest BCUT2D eigenvalue weighted by molar-refractivity contribution is 0.491. The van der Waals surface area contributed by atoms with Crippen molar-refractivity contribution in [2.45, 2.75) is 26.3 Å². The third-order valence-electron chi connectivity index (χ3n) is 4.15. The first kappa shape index (κ1) is 12.2. The molecular weight excluding hydrogens is 242 g/mol. The highest BCUT2D eigenvalue weighted by Crippen LogP contribution is 2.56. The van der Waals surface area contributed by atoms with Crippen molar-refractivity contribution < 1.29 is 0 Å². The van der Waals surface area contributed by atoms with Crippen molar-refractivity contribution in [1.82, 2.24) is 9.97 Å². The van der Waals surface area contributed by atoms with Crippen molar-refractivity contribution in [3.8, 4) is 0 Å². The molecular formula is C14H17N3O2. The average molecular weight is 259 g/mol. The van der Waals surface area contributed by atoms with Gasteiger partial charge in [-0.1, -0.05) is 19.9 Å². The van der Waals surface area contributed by atoms with Crippen LogP contribution in [0.25, 0.3) is 11.0 Å². The minimum absolute atomic E-state index is 0.0326. The Morgan fingerprint density at radius 1 is 1.21 bits per heavy atom. The number of nitrogens with one attached hydrogen (secondary N) is 2. The van der Waals surface area contributed by atoms with Gasteiger partial charge in [-0.05, 0) is 35.4 Å². The summed E-state index contributed by atoms with van der Waals surface area (Å²) in [6, 6.07) is 5.52. The van der Waals surface area contributed by atoms with E-state index in [1.165, 1.54) is 0 Å². The van der Waals surface area contributed by atoms with Crippen LogP contribution in [-0.4, -0.2) is 9.97 Å². The van der Waals surface area contributed by atoms with Crippen molar-refractivity contribution in [3.05, 3.63) is 44.5 Å². The monoisotopic (exact) mass is 259 g/mol. The highest BCUT2D eigenvalue weighted by molar-refractivity contribution is 5.74. The zero-order chi connectivity index (χ0) is 13.8. The zero-order valence-electron chi connectivity index (χ0n) is 11.0. The fourth-order valence-corrected chi connectivity index (χ4v) is 2.69. The lowest BCUT2D eigenvalue weighted by atomic mass is 9.97. The van der Waals surface area contributed by atoms with Crippen molar-refractivity contribution in [2.75, 3.05) is 0 Å². The molecule has 0 radical (unpaired) electrons. The summed E-state index contributed by atoms with van der Waals surface area (Å²) in [5, 5.41) is 0. The molecule has 0 aliphatic heterocycles. The van der Waals surface area contributed by atoms with Gasteiger partial charge in [-0.25, -0.2) is 0 Å². The molecule has 100 valence electrons. The summed E-state index contributed by atoms with van der Waals surface area (Å²) < 4.78 is 0. The molecule has 0 saturated heterocycles. The highest BCUT2D eigenvalue weighted by atomic mass is 16.2. The Labute approximate surface area is 109 Å². The third kappa shape index (κ3) is 2.00. The van der Waals surface area contributed by atoms with Gasteiger partial charge in [0.1, 0.15) is 0 Å². The van der Waals surface area contributed by atoms with E-state index in [4.69, 9.17) is 5.73 Å². The first-order chi connectivity index (χ1) is 8.88. The maximum atomic E-state index is 11.3. The normalized spacial score (nSPS) is 22.4. The molecule has 1 aromatic heterocycles. The molecule has 19 heavy (non-hydrogen) atoms. The van der Waals surface area contributed by atoms with Gasteiger partial charge in [0.05, 0.1) is 11.0 Å². The van der Waals surface area contributed by atoms with Gasteiger partial charge in [0, 0.05) is 6.04 Å². The van der Waals surface area contributed by atoms with E-state index in [0.29, 0.717) is 22.4 Å². The smallest absolute Gasteiger partial charge is 0.314 e. The molecule has 5 nitrogen and oxygen atoms in total. The maximum absolute atomic E-state index is 11.3. The van der Waals surface area contributed by atoms with Crippen molar-refractivity contribution >= 4 is 11.0 Å². The Bertz CT molecular complexity index is 757. The summed E-state index contributed by atoms with van der Waals surface area (Å²) in [5.41, 5.74) is 7.54. The van der Waals surface area contributed by atoms with Crippen LogP contribution in [0, 0.1) is 11.3 Å². The van der Waals surface area contributed by atoms with Crippen LogP contribution in [0.4, 0.5) is 0 Å². The number of rotatable bonds is 2. The summed E-state index contributed by atoms with van der Waals surface area (Å²) in [5.74, 6) is 0.472. The van der Waals surface area contributed by atoms with Gasteiger partial charge in [-0.15, -0.1) is 0 Å². The molecule has 0 bridgehead atoms. The Kier molecular flexibility index (Phi) is 2.44. The van der Waals surface area contributed by atoms with Gasteiger partial charge < -0.3 is 15.7 Å². The standard InChI is InChI=1S/C14H17N3O2/c1-14(2)6-8(14)11(15)7-3-4-9-10(5-7)17-13(19)12(18)16-9/h3-5,8,11H,6,15H2,1-2H3,(H,16,18)(H,17,19). The first-order valence-corrected chi connectivity index (χ1v) is 6.40. The van der Waals surface area contributed by atoms with E-state index in [-0.39, 0.29) is 6.04 Å². The van der Waals surface area contributed by atoms with Crippen molar-refractivity contribution in [1.29, 1.82) is 0 Å². The van der Waals surface area contributed by atoms with E-state index >= 15 is 0 Å². The Hall–Kier alpha value is -1.88. The lowest BCUT2D eigenvalue weighted by Gasteiger charge is -2.14. The van der Waals surface area contributed by atoms with Crippen LogP contribution >= 0.6 is 0 Å². The molecule has 0 amide bonds. The van der Waals surface area contributed by atoms with E-state index < -0.39 is 11.1 Å². The summed E-state index contributed by atoms with van der Waals surface area (Å²) in [6.45, 7) is 4.41. The average Bonchev–Trinajstić information content (AvgIpc) is 2.98. The summed E-state index contributed by atoms with van der Waals surface area (Å²) in [6.07, 6.45) is 1.12.